The summed E-state index contributed by atoms with van der Waals surface area (Å²) in [6, 6.07) is 26.7. The molecule has 1 heterocycles. The number of amides is 1. The predicted molar refractivity (Wildman–Crippen MR) is 140 cm³/mol. The van der Waals surface area contributed by atoms with E-state index in [-0.39, 0.29) is 12.5 Å². The van der Waals surface area contributed by atoms with Gasteiger partial charge < -0.3 is 15.0 Å². The molecule has 178 valence electrons. The minimum Gasteiger partial charge on any atom is -0.484 e. The molecule has 3 aromatic carbocycles. The van der Waals surface area contributed by atoms with Crippen LogP contribution in [-0.2, 0) is 11.3 Å². The Balaban J connectivity index is 1.21. The molecule has 5 nitrogen and oxygen atoms in total. The standard InChI is InChI=1S/C29H35N3O2/c1-3-23(2)25-9-15-28(16-10-25)34-22-29(33)30-26-11-13-27(14-12-26)32-19-17-31(18-20-32)21-24-7-5-4-6-8-24/h4-16,23H,3,17-22H2,1-2H3,(H,30,33)/t23-/m1/s1. The van der Waals surface area contributed by atoms with Gasteiger partial charge >= 0.3 is 0 Å². The van der Waals surface area contributed by atoms with Crippen LogP contribution in [0.4, 0.5) is 11.4 Å². The van der Waals surface area contributed by atoms with E-state index in [0.29, 0.717) is 11.7 Å². The summed E-state index contributed by atoms with van der Waals surface area (Å²) in [5.41, 5.74) is 4.63. The van der Waals surface area contributed by atoms with Crippen LogP contribution >= 0.6 is 0 Å². The van der Waals surface area contributed by atoms with Crippen LogP contribution in [0.5, 0.6) is 5.75 Å². The second kappa shape index (κ2) is 11.7. The Morgan fingerprint density at radius 3 is 2.24 bits per heavy atom. The van der Waals surface area contributed by atoms with Gasteiger partial charge in [0.2, 0.25) is 0 Å². The number of benzene rings is 3. The lowest BCUT2D eigenvalue weighted by Gasteiger charge is -2.36. The van der Waals surface area contributed by atoms with E-state index in [2.05, 4.69) is 83.6 Å². The summed E-state index contributed by atoms with van der Waals surface area (Å²) in [6.07, 6.45) is 1.10. The molecular weight excluding hydrogens is 422 g/mol. The van der Waals surface area contributed by atoms with Crippen molar-refractivity contribution >= 4 is 17.3 Å². The average molecular weight is 458 g/mol. The molecule has 1 aliphatic heterocycles. The molecule has 4 rings (SSSR count). The number of carbonyl (C=O) groups excluding carboxylic acids is 1. The molecule has 1 N–H and O–H groups in total. The van der Waals surface area contributed by atoms with Crippen LogP contribution in [0.15, 0.2) is 78.9 Å². The first-order chi connectivity index (χ1) is 16.6. The molecule has 0 unspecified atom stereocenters. The van der Waals surface area contributed by atoms with E-state index in [4.69, 9.17) is 4.74 Å². The molecule has 1 aliphatic rings. The maximum atomic E-state index is 12.3. The van der Waals surface area contributed by atoms with E-state index in [1.165, 1.54) is 16.8 Å². The molecule has 1 atom stereocenters. The van der Waals surface area contributed by atoms with Crippen molar-refractivity contribution in [3.63, 3.8) is 0 Å². The third-order valence-corrected chi connectivity index (χ3v) is 6.57. The zero-order valence-corrected chi connectivity index (χ0v) is 20.2. The highest BCUT2D eigenvalue weighted by Crippen LogP contribution is 2.22. The summed E-state index contributed by atoms with van der Waals surface area (Å²) >= 11 is 0. The number of rotatable bonds is 9. The zero-order chi connectivity index (χ0) is 23.8. The van der Waals surface area contributed by atoms with Crippen molar-refractivity contribution in [2.45, 2.75) is 32.7 Å². The first-order valence-electron chi connectivity index (χ1n) is 12.2. The van der Waals surface area contributed by atoms with Crippen LogP contribution in [0.1, 0.15) is 37.3 Å². The van der Waals surface area contributed by atoms with Crippen molar-refractivity contribution in [3.8, 4) is 5.75 Å². The largest absolute Gasteiger partial charge is 0.484 e. The molecule has 0 aliphatic carbocycles. The summed E-state index contributed by atoms with van der Waals surface area (Å²) in [4.78, 5) is 17.2. The summed E-state index contributed by atoms with van der Waals surface area (Å²) in [5, 5.41) is 2.92. The molecule has 34 heavy (non-hydrogen) atoms. The topological polar surface area (TPSA) is 44.8 Å². The Bertz CT molecular complexity index is 1030. The van der Waals surface area contributed by atoms with Gasteiger partial charge in [-0.2, -0.15) is 0 Å². The number of piperazine rings is 1. The third-order valence-electron chi connectivity index (χ3n) is 6.57. The molecule has 0 radical (unpaired) electrons. The van der Waals surface area contributed by atoms with Gasteiger partial charge in [-0.15, -0.1) is 0 Å². The smallest absolute Gasteiger partial charge is 0.262 e. The van der Waals surface area contributed by atoms with Crippen molar-refractivity contribution in [2.24, 2.45) is 0 Å². The van der Waals surface area contributed by atoms with E-state index in [1.807, 2.05) is 24.3 Å². The highest BCUT2D eigenvalue weighted by Gasteiger charge is 2.17. The van der Waals surface area contributed by atoms with E-state index >= 15 is 0 Å². The van der Waals surface area contributed by atoms with Crippen LogP contribution < -0.4 is 15.0 Å². The summed E-state index contributed by atoms with van der Waals surface area (Å²) in [7, 11) is 0. The van der Waals surface area contributed by atoms with Crippen molar-refractivity contribution in [2.75, 3.05) is 43.0 Å². The van der Waals surface area contributed by atoms with Gasteiger partial charge in [0.05, 0.1) is 0 Å². The van der Waals surface area contributed by atoms with Gasteiger partial charge in [0.15, 0.2) is 6.61 Å². The maximum Gasteiger partial charge on any atom is 0.262 e. The van der Waals surface area contributed by atoms with Crippen LogP contribution in [0.3, 0.4) is 0 Å². The van der Waals surface area contributed by atoms with Crippen LogP contribution in [0.2, 0.25) is 0 Å². The number of hydrogen-bond donors (Lipinski definition) is 1. The average Bonchev–Trinajstić information content (AvgIpc) is 2.89. The van der Waals surface area contributed by atoms with Gasteiger partial charge in [-0.25, -0.2) is 0 Å². The molecule has 1 saturated heterocycles. The van der Waals surface area contributed by atoms with Gasteiger partial charge in [-0.05, 0) is 59.9 Å². The van der Waals surface area contributed by atoms with Crippen molar-refractivity contribution in [3.05, 3.63) is 90.0 Å². The first-order valence-corrected chi connectivity index (χ1v) is 12.2. The van der Waals surface area contributed by atoms with E-state index in [9.17, 15) is 4.79 Å². The molecule has 0 saturated carbocycles. The van der Waals surface area contributed by atoms with Crippen LogP contribution in [-0.4, -0.2) is 43.6 Å². The Hall–Kier alpha value is -3.31. The van der Waals surface area contributed by atoms with Crippen LogP contribution in [0, 0.1) is 0 Å². The quantitative estimate of drug-likeness (QED) is 0.458. The number of ether oxygens (including phenoxy) is 1. The Morgan fingerprint density at radius 1 is 0.912 bits per heavy atom. The van der Waals surface area contributed by atoms with Gasteiger partial charge in [0.1, 0.15) is 5.75 Å². The lowest BCUT2D eigenvalue weighted by Crippen LogP contribution is -2.45. The molecule has 1 amide bonds. The number of nitrogens with one attached hydrogen (secondary N) is 1. The number of nitrogens with zero attached hydrogens (tertiary/aromatic N) is 2. The molecule has 0 spiro atoms. The number of hydrogen-bond acceptors (Lipinski definition) is 4. The monoisotopic (exact) mass is 457 g/mol. The minimum atomic E-state index is -0.159. The zero-order valence-electron chi connectivity index (χ0n) is 20.2. The molecule has 5 heteroatoms. The Kier molecular flexibility index (Phi) is 8.21. The highest BCUT2D eigenvalue weighted by molar-refractivity contribution is 5.92. The fourth-order valence-electron chi connectivity index (χ4n) is 4.24. The number of carbonyl (C=O) groups is 1. The van der Waals surface area contributed by atoms with Gasteiger partial charge in [0.25, 0.3) is 5.91 Å². The van der Waals surface area contributed by atoms with Gasteiger partial charge in [-0.3, -0.25) is 9.69 Å². The van der Waals surface area contributed by atoms with Gasteiger partial charge in [-0.1, -0.05) is 56.3 Å². The van der Waals surface area contributed by atoms with Crippen LogP contribution in [0.25, 0.3) is 0 Å². The van der Waals surface area contributed by atoms with E-state index in [1.54, 1.807) is 0 Å². The second-order valence-corrected chi connectivity index (χ2v) is 9.01. The van der Waals surface area contributed by atoms with E-state index in [0.717, 1.165) is 44.8 Å². The highest BCUT2D eigenvalue weighted by atomic mass is 16.5. The molecular formula is C29H35N3O2. The minimum absolute atomic E-state index is 0.00615. The summed E-state index contributed by atoms with van der Waals surface area (Å²) in [5.74, 6) is 1.08. The summed E-state index contributed by atoms with van der Waals surface area (Å²) in [6.45, 7) is 9.48. The maximum absolute atomic E-state index is 12.3. The van der Waals surface area contributed by atoms with Crippen molar-refractivity contribution < 1.29 is 9.53 Å². The lowest BCUT2D eigenvalue weighted by molar-refractivity contribution is -0.118. The first kappa shape index (κ1) is 23.8. The van der Waals surface area contributed by atoms with E-state index < -0.39 is 0 Å². The lowest BCUT2D eigenvalue weighted by atomic mass is 9.99. The normalized spacial score (nSPS) is 15.1. The molecule has 3 aromatic rings. The van der Waals surface area contributed by atoms with Gasteiger partial charge in [0, 0.05) is 44.1 Å². The fourth-order valence-corrected chi connectivity index (χ4v) is 4.24. The SMILES string of the molecule is CC[C@@H](C)c1ccc(OCC(=O)Nc2ccc(N3CCN(Cc4ccccc4)CC3)cc2)cc1. The van der Waals surface area contributed by atoms with Crippen molar-refractivity contribution in [1.29, 1.82) is 0 Å². The number of anilines is 2. The molecule has 0 bridgehead atoms. The van der Waals surface area contributed by atoms with Crippen molar-refractivity contribution in [1.82, 2.24) is 4.90 Å². The molecule has 1 fully saturated rings. The summed E-state index contributed by atoms with van der Waals surface area (Å²) < 4.78 is 5.65. The Labute approximate surface area is 203 Å². The Morgan fingerprint density at radius 2 is 1.59 bits per heavy atom. The second-order valence-electron chi connectivity index (χ2n) is 9.01. The molecule has 0 aromatic heterocycles. The third kappa shape index (κ3) is 6.61. The fraction of sp³-hybridized carbons (Fsp3) is 0.345. The predicted octanol–water partition coefficient (Wildman–Crippen LogP) is 5.54.